The zero-order chi connectivity index (χ0) is 64.7. The van der Waals surface area contributed by atoms with E-state index in [9.17, 15) is 19.5 Å². The summed E-state index contributed by atoms with van der Waals surface area (Å²) in [6.07, 6.45) is 105. The Labute approximate surface area is 543 Å². The molecule has 0 saturated heterocycles. The highest BCUT2D eigenvalue weighted by Gasteiger charge is 2.25. The summed E-state index contributed by atoms with van der Waals surface area (Å²) in [5.41, 5.74) is 0. The molecule has 494 valence electrons. The minimum Gasteiger partial charge on any atom is -0.477 e. The molecule has 0 fully saturated rings. The number of carbonyl (C=O) groups excluding carboxylic acids is 2. The number of esters is 2. The third-order valence-corrected chi connectivity index (χ3v) is 13.2. The minimum absolute atomic E-state index is 0.164. The van der Waals surface area contributed by atoms with Crippen molar-refractivity contribution in [1.82, 2.24) is 0 Å². The fourth-order valence-electron chi connectivity index (χ4n) is 8.11. The van der Waals surface area contributed by atoms with Crippen LogP contribution < -0.4 is 0 Å². The second kappa shape index (κ2) is 67.5. The largest absolute Gasteiger partial charge is 0.477 e. The van der Waals surface area contributed by atoms with Crippen LogP contribution in [-0.4, -0.2) is 87.4 Å². The standard InChI is InChI=1S/C80H121NO8/c1-6-8-10-12-14-16-18-20-22-24-26-28-30-32-34-35-36-37-38-39-40-41-42-43-45-47-49-51-53-55-57-59-61-63-65-67-69-71-78(83)89-76(75-88-80(79(84)85)86-73-72-81(3,4)5)74-87-77(82)70-68-66-64-62-60-58-56-54-52-50-48-46-44-33-31-29-27-25-23-21-19-17-15-13-11-9-7-2/h8-11,14-17,20-23,26-29,32-34,36-37,39-40,42-44,47-50,53-56,60,62,76,80H,6-7,12-13,18-19,24-25,30-31,35,38,41,45-46,51-52,57-59,61,63-75H2,1-5H3/p+1/b10-8-,11-9-,16-14-,17-15-,22-20-,23-21-,28-26-,29-27-,34-32-,37-36-,40-39-,43-42-,44-33-,49-47-,50-48-,55-53-,56-54-,62-60-. The number of carboxylic acids is 1. The van der Waals surface area contributed by atoms with E-state index in [4.69, 9.17) is 18.9 Å². The quantitative estimate of drug-likeness (QED) is 0.0211. The first-order valence-corrected chi connectivity index (χ1v) is 33.9. The highest BCUT2D eigenvalue weighted by molar-refractivity contribution is 5.71. The Kier molecular flexibility index (Phi) is 62.7. The van der Waals surface area contributed by atoms with Gasteiger partial charge < -0.3 is 28.5 Å². The van der Waals surface area contributed by atoms with Crippen molar-refractivity contribution >= 4 is 17.9 Å². The summed E-state index contributed by atoms with van der Waals surface area (Å²) in [7, 11) is 5.93. The smallest absolute Gasteiger partial charge is 0.361 e. The summed E-state index contributed by atoms with van der Waals surface area (Å²) in [6, 6.07) is 0. The summed E-state index contributed by atoms with van der Waals surface area (Å²) in [4.78, 5) is 37.6. The number of allylic oxidation sites excluding steroid dienone is 36. The fraction of sp³-hybridized carbons (Fsp3) is 0.512. The molecule has 0 amide bonds. The predicted octanol–water partition coefficient (Wildman–Crippen LogP) is 21.3. The lowest BCUT2D eigenvalue weighted by atomic mass is 10.1. The Bertz CT molecular complexity index is 2260. The summed E-state index contributed by atoms with van der Waals surface area (Å²) >= 11 is 0. The highest BCUT2D eigenvalue weighted by Crippen LogP contribution is 2.13. The topological polar surface area (TPSA) is 108 Å². The molecule has 2 atom stereocenters. The summed E-state index contributed by atoms with van der Waals surface area (Å²) < 4.78 is 22.9. The van der Waals surface area contributed by atoms with Crippen LogP contribution in [-0.2, 0) is 33.3 Å². The number of unbranched alkanes of at least 4 members (excludes halogenated alkanes) is 8. The zero-order valence-electron chi connectivity index (χ0n) is 56.2. The van der Waals surface area contributed by atoms with E-state index in [2.05, 4.69) is 233 Å². The van der Waals surface area contributed by atoms with Gasteiger partial charge in [-0.2, -0.15) is 0 Å². The molecular weight excluding hydrogens is 1100 g/mol. The second-order valence-electron chi connectivity index (χ2n) is 22.7. The number of likely N-dealkylation sites (N-methyl/N-ethyl adjacent to an activating group) is 1. The Morgan fingerprint density at radius 3 is 0.921 bits per heavy atom. The molecule has 0 aromatic rings. The monoisotopic (exact) mass is 1220 g/mol. The molecule has 0 aromatic carbocycles. The van der Waals surface area contributed by atoms with Crippen molar-refractivity contribution in [2.75, 3.05) is 47.5 Å². The van der Waals surface area contributed by atoms with E-state index < -0.39 is 30.3 Å². The number of quaternary nitrogens is 1. The molecule has 0 radical (unpaired) electrons. The molecule has 0 aliphatic heterocycles. The van der Waals surface area contributed by atoms with Crippen LogP contribution in [0.4, 0.5) is 0 Å². The van der Waals surface area contributed by atoms with Gasteiger partial charge >= 0.3 is 17.9 Å². The molecule has 9 nitrogen and oxygen atoms in total. The lowest BCUT2D eigenvalue weighted by molar-refractivity contribution is -0.870. The number of nitrogens with zero attached hydrogens (tertiary/aromatic N) is 1. The molecule has 0 rings (SSSR count). The van der Waals surface area contributed by atoms with E-state index in [-0.39, 0.29) is 32.7 Å². The van der Waals surface area contributed by atoms with Gasteiger partial charge in [-0.15, -0.1) is 0 Å². The molecular formula is C80H122NO8+. The lowest BCUT2D eigenvalue weighted by Gasteiger charge is -2.25. The summed E-state index contributed by atoms with van der Waals surface area (Å²) in [6.45, 7) is 4.54. The van der Waals surface area contributed by atoms with Gasteiger partial charge in [0.05, 0.1) is 34.4 Å². The van der Waals surface area contributed by atoms with Crippen LogP contribution in [0.3, 0.4) is 0 Å². The van der Waals surface area contributed by atoms with E-state index in [0.29, 0.717) is 23.9 Å². The minimum atomic E-state index is -1.54. The van der Waals surface area contributed by atoms with E-state index >= 15 is 0 Å². The third kappa shape index (κ3) is 69.0. The van der Waals surface area contributed by atoms with Crippen molar-refractivity contribution in [1.29, 1.82) is 0 Å². The van der Waals surface area contributed by atoms with E-state index in [1.54, 1.807) is 0 Å². The first kappa shape index (κ1) is 82.6. The van der Waals surface area contributed by atoms with Crippen LogP contribution in [0, 0.1) is 0 Å². The molecule has 9 heteroatoms. The average Bonchev–Trinajstić information content (AvgIpc) is 3.70. The van der Waals surface area contributed by atoms with Crippen molar-refractivity contribution in [2.45, 2.75) is 219 Å². The number of hydrogen-bond acceptors (Lipinski definition) is 7. The van der Waals surface area contributed by atoms with Crippen LogP contribution >= 0.6 is 0 Å². The second-order valence-corrected chi connectivity index (χ2v) is 22.7. The van der Waals surface area contributed by atoms with E-state index in [0.717, 1.165) is 167 Å². The lowest BCUT2D eigenvalue weighted by Crippen LogP contribution is -2.40. The molecule has 0 bridgehead atoms. The molecule has 0 heterocycles. The van der Waals surface area contributed by atoms with Crippen molar-refractivity contribution in [3.8, 4) is 0 Å². The Morgan fingerprint density at radius 1 is 0.337 bits per heavy atom. The van der Waals surface area contributed by atoms with Gasteiger partial charge in [0.15, 0.2) is 6.10 Å². The zero-order valence-corrected chi connectivity index (χ0v) is 56.2. The molecule has 0 spiro atoms. The Morgan fingerprint density at radius 2 is 0.607 bits per heavy atom. The van der Waals surface area contributed by atoms with Crippen molar-refractivity contribution in [3.05, 3.63) is 219 Å². The SMILES string of the molecule is CC/C=C\C/C=C\C/C=C\C/C=C\C/C=C\C/C=C\C/C=C\C/C=C\C/C=C\C/C=C\CCCCCCCCC(=O)OC(COC(=O)CCCC/C=C\C/C=C\C/C=C\C/C=C\C/C=C\C/C=C\C/C=C\C/C=C\CC)COC(OCC[N+](C)(C)C)C(=O)O. The van der Waals surface area contributed by atoms with Gasteiger partial charge in [0, 0.05) is 12.8 Å². The maximum absolute atomic E-state index is 12.9. The van der Waals surface area contributed by atoms with E-state index in [1.165, 1.54) is 0 Å². The molecule has 0 aromatic heterocycles. The van der Waals surface area contributed by atoms with Gasteiger partial charge in [-0.1, -0.05) is 258 Å². The van der Waals surface area contributed by atoms with Crippen molar-refractivity contribution in [2.24, 2.45) is 0 Å². The number of carboxylic acid groups (broad SMARTS) is 1. The number of rotatable bonds is 59. The third-order valence-electron chi connectivity index (χ3n) is 13.2. The van der Waals surface area contributed by atoms with Gasteiger partial charge in [-0.25, -0.2) is 4.79 Å². The maximum atomic E-state index is 12.9. The van der Waals surface area contributed by atoms with Crippen LogP contribution in [0.1, 0.15) is 206 Å². The van der Waals surface area contributed by atoms with Crippen LogP contribution in [0.5, 0.6) is 0 Å². The normalized spacial score (nSPS) is 14.1. The molecule has 0 aliphatic rings. The average molecular weight is 1230 g/mol. The molecule has 0 aliphatic carbocycles. The highest BCUT2D eigenvalue weighted by atomic mass is 16.7. The number of hydrogen-bond donors (Lipinski definition) is 1. The Hall–Kier alpha value is -6.39. The van der Waals surface area contributed by atoms with Crippen LogP contribution in [0.25, 0.3) is 0 Å². The number of ether oxygens (including phenoxy) is 4. The molecule has 2 unspecified atom stereocenters. The summed E-state index contributed by atoms with van der Waals surface area (Å²) in [5, 5.41) is 9.74. The van der Waals surface area contributed by atoms with Gasteiger partial charge in [0.1, 0.15) is 13.2 Å². The van der Waals surface area contributed by atoms with Crippen LogP contribution in [0.2, 0.25) is 0 Å². The maximum Gasteiger partial charge on any atom is 0.361 e. The van der Waals surface area contributed by atoms with Crippen molar-refractivity contribution < 1.29 is 42.9 Å². The fourth-order valence-corrected chi connectivity index (χ4v) is 8.11. The number of aliphatic carboxylic acids is 1. The first-order chi connectivity index (χ1) is 43.6. The predicted molar refractivity (Wildman–Crippen MR) is 381 cm³/mol. The molecule has 0 saturated carbocycles. The van der Waals surface area contributed by atoms with Crippen LogP contribution in [0.15, 0.2) is 219 Å². The van der Waals surface area contributed by atoms with Gasteiger partial charge in [0.2, 0.25) is 0 Å². The van der Waals surface area contributed by atoms with Gasteiger partial charge in [-0.3, -0.25) is 9.59 Å². The summed E-state index contributed by atoms with van der Waals surface area (Å²) in [5.74, 6) is -2.12. The van der Waals surface area contributed by atoms with Gasteiger partial charge in [-0.05, 0) is 154 Å². The van der Waals surface area contributed by atoms with E-state index in [1.807, 2.05) is 21.1 Å². The Balaban J connectivity index is 4.35. The van der Waals surface area contributed by atoms with Gasteiger partial charge in [0.25, 0.3) is 6.29 Å². The first-order valence-electron chi connectivity index (χ1n) is 33.9. The molecule has 1 N–H and O–H groups in total. The molecule has 89 heavy (non-hydrogen) atoms. The number of carbonyl (C=O) groups is 3. The van der Waals surface area contributed by atoms with Crippen molar-refractivity contribution in [3.63, 3.8) is 0 Å².